The topological polar surface area (TPSA) is 83.7 Å². The number of hydrogen-bond donors (Lipinski definition) is 2. The summed E-state index contributed by atoms with van der Waals surface area (Å²) in [4.78, 5) is 29.5. The van der Waals surface area contributed by atoms with E-state index in [0.29, 0.717) is 29.1 Å². The Bertz CT molecular complexity index is 616. The highest BCUT2D eigenvalue weighted by molar-refractivity contribution is 6.00. The average molecular weight is 351 g/mol. The number of hydrogen-bond acceptors (Lipinski definition) is 5. The Hall–Kier alpha value is -1.86. The highest BCUT2D eigenvalue weighted by Gasteiger charge is 2.23. The van der Waals surface area contributed by atoms with Crippen LogP contribution in [-0.4, -0.2) is 67.3 Å². The lowest BCUT2D eigenvalue weighted by molar-refractivity contribution is -0.0680. The zero-order valence-corrected chi connectivity index (χ0v) is 15.8. The molecule has 2 heterocycles. The first-order valence-corrected chi connectivity index (χ1v) is 8.77. The Morgan fingerprint density at radius 3 is 2.52 bits per heavy atom. The Kier molecular flexibility index (Phi) is 6.61. The molecule has 0 aliphatic carbocycles. The third kappa shape index (κ3) is 4.83. The van der Waals surface area contributed by atoms with Crippen molar-refractivity contribution in [3.8, 4) is 0 Å². The Labute approximate surface area is 149 Å². The largest absolute Gasteiger partial charge is 0.465 e. The third-order valence-electron chi connectivity index (χ3n) is 4.49. The van der Waals surface area contributed by atoms with E-state index in [1.54, 1.807) is 13.8 Å². The van der Waals surface area contributed by atoms with Gasteiger partial charge in [0, 0.05) is 31.9 Å². The number of aryl methyl sites for hydroxylation is 1. The van der Waals surface area contributed by atoms with Gasteiger partial charge in [-0.2, -0.15) is 0 Å². The van der Waals surface area contributed by atoms with Gasteiger partial charge in [0.05, 0.1) is 24.9 Å². The van der Waals surface area contributed by atoms with Gasteiger partial charge in [-0.15, -0.1) is 0 Å². The van der Waals surface area contributed by atoms with Crippen molar-refractivity contribution < 1.29 is 19.1 Å². The normalized spacial score (nSPS) is 21.2. The Balaban J connectivity index is 1.84. The molecule has 1 aliphatic heterocycles. The fourth-order valence-electron chi connectivity index (χ4n) is 3.45. The maximum atomic E-state index is 12.4. The number of nitrogens with zero attached hydrogens (tertiary/aromatic N) is 1. The van der Waals surface area contributed by atoms with Gasteiger partial charge in [0.2, 0.25) is 0 Å². The highest BCUT2D eigenvalue weighted by Crippen LogP contribution is 2.18. The van der Waals surface area contributed by atoms with Crippen molar-refractivity contribution in [3.05, 3.63) is 22.5 Å². The van der Waals surface area contributed by atoms with E-state index in [-0.39, 0.29) is 18.1 Å². The van der Waals surface area contributed by atoms with Crippen molar-refractivity contribution in [2.45, 2.75) is 46.3 Å². The lowest BCUT2D eigenvalue weighted by Crippen LogP contribution is -2.46. The van der Waals surface area contributed by atoms with Crippen LogP contribution in [0.3, 0.4) is 0 Å². The summed E-state index contributed by atoms with van der Waals surface area (Å²) < 4.78 is 10.5. The van der Waals surface area contributed by atoms with Gasteiger partial charge in [-0.05, 0) is 39.7 Å². The fraction of sp³-hybridized carbons (Fsp3) is 0.667. The van der Waals surface area contributed by atoms with Crippen LogP contribution in [0.4, 0.5) is 0 Å². The Morgan fingerprint density at radius 1 is 1.28 bits per heavy atom. The first-order valence-electron chi connectivity index (χ1n) is 8.77. The molecular weight excluding hydrogens is 322 g/mol. The molecule has 1 saturated heterocycles. The third-order valence-corrected chi connectivity index (χ3v) is 4.49. The second kappa shape index (κ2) is 8.49. The molecule has 0 radical (unpaired) electrons. The molecule has 7 nitrogen and oxygen atoms in total. The minimum atomic E-state index is -0.430. The average Bonchev–Trinajstić information content (AvgIpc) is 2.84. The maximum Gasteiger partial charge on any atom is 0.339 e. The van der Waals surface area contributed by atoms with Crippen LogP contribution >= 0.6 is 0 Å². The summed E-state index contributed by atoms with van der Waals surface area (Å²) in [5, 5.41) is 2.92. The summed E-state index contributed by atoms with van der Waals surface area (Å²) in [6.07, 6.45) is 1.37. The molecule has 1 fully saturated rings. The molecule has 2 rings (SSSR count). The molecule has 140 valence electrons. The summed E-state index contributed by atoms with van der Waals surface area (Å²) in [5.74, 6) is -0.625. The number of H-pyrrole nitrogens is 1. The number of carbonyl (C=O) groups is 2. The molecule has 1 aromatic rings. The van der Waals surface area contributed by atoms with Crippen molar-refractivity contribution >= 4 is 11.9 Å². The summed E-state index contributed by atoms with van der Waals surface area (Å²) in [6, 6.07) is 0. The van der Waals surface area contributed by atoms with E-state index < -0.39 is 5.97 Å². The molecule has 2 unspecified atom stereocenters. The minimum Gasteiger partial charge on any atom is -0.465 e. The predicted octanol–water partition coefficient (Wildman–Crippen LogP) is 1.65. The zero-order valence-electron chi connectivity index (χ0n) is 15.8. The van der Waals surface area contributed by atoms with Gasteiger partial charge >= 0.3 is 5.97 Å². The molecule has 25 heavy (non-hydrogen) atoms. The number of aromatic nitrogens is 1. The van der Waals surface area contributed by atoms with Gasteiger partial charge < -0.3 is 19.8 Å². The maximum absolute atomic E-state index is 12.4. The van der Waals surface area contributed by atoms with E-state index in [1.165, 1.54) is 7.11 Å². The minimum absolute atomic E-state index is 0.195. The molecule has 2 N–H and O–H groups in total. The molecule has 1 amide bonds. The van der Waals surface area contributed by atoms with Gasteiger partial charge in [-0.1, -0.05) is 0 Å². The van der Waals surface area contributed by atoms with Crippen LogP contribution in [-0.2, 0) is 9.47 Å². The first kappa shape index (κ1) is 19.5. The summed E-state index contributed by atoms with van der Waals surface area (Å²) in [6.45, 7) is 11.0. The van der Waals surface area contributed by atoms with Crippen molar-refractivity contribution in [1.82, 2.24) is 15.2 Å². The molecule has 0 saturated carbocycles. The number of ether oxygens (including phenoxy) is 2. The van der Waals surface area contributed by atoms with E-state index in [4.69, 9.17) is 9.47 Å². The van der Waals surface area contributed by atoms with Crippen molar-refractivity contribution in [3.63, 3.8) is 0 Å². The fourth-order valence-corrected chi connectivity index (χ4v) is 3.45. The van der Waals surface area contributed by atoms with Crippen LogP contribution in [0.15, 0.2) is 0 Å². The number of amides is 1. The molecule has 2 atom stereocenters. The summed E-state index contributed by atoms with van der Waals surface area (Å²) in [5.41, 5.74) is 2.12. The molecule has 1 aromatic heterocycles. The van der Waals surface area contributed by atoms with Crippen LogP contribution in [0.1, 0.15) is 52.4 Å². The monoisotopic (exact) mass is 351 g/mol. The number of methoxy groups -OCH3 is 1. The Morgan fingerprint density at radius 2 is 1.92 bits per heavy atom. The van der Waals surface area contributed by atoms with Crippen LogP contribution in [0.2, 0.25) is 0 Å². The summed E-state index contributed by atoms with van der Waals surface area (Å²) >= 11 is 0. The van der Waals surface area contributed by atoms with Crippen LogP contribution in [0, 0.1) is 13.8 Å². The van der Waals surface area contributed by atoms with Crippen molar-refractivity contribution in [1.29, 1.82) is 0 Å². The second-order valence-electron chi connectivity index (χ2n) is 6.74. The molecule has 0 spiro atoms. The number of nitrogens with one attached hydrogen (secondary N) is 2. The molecule has 0 aromatic carbocycles. The van der Waals surface area contributed by atoms with E-state index in [1.807, 2.05) is 0 Å². The number of aromatic amines is 1. The van der Waals surface area contributed by atoms with Crippen molar-refractivity contribution in [2.75, 3.05) is 33.3 Å². The predicted molar refractivity (Wildman–Crippen MR) is 95.0 cm³/mol. The van der Waals surface area contributed by atoms with Gasteiger partial charge in [-0.3, -0.25) is 9.69 Å². The quantitative estimate of drug-likeness (QED) is 0.601. The summed E-state index contributed by atoms with van der Waals surface area (Å²) in [7, 11) is 1.33. The molecular formula is C18H29N3O4. The smallest absolute Gasteiger partial charge is 0.339 e. The second-order valence-corrected chi connectivity index (χ2v) is 6.74. The SMILES string of the molecule is COC(=O)c1c(C)[nH]c(C(=O)NCCCN2CC(C)OC(C)C2)c1C. The number of esters is 1. The first-order chi connectivity index (χ1) is 11.8. The van der Waals surface area contributed by atoms with Crippen LogP contribution < -0.4 is 5.32 Å². The lowest BCUT2D eigenvalue weighted by atomic mass is 10.1. The van der Waals surface area contributed by atoms with E-state index in [9.17, 15) is 9.59 Å². The standard InChI is InChI=1S/C18H29N3O4/c1-11-9-21(10-12(2)25-11)8-6-7-19-17(22)16-13(3)15(14(4)20-16)18(23)24-5/h11-12,20H,6-10H2,1-5H3,(H,19,22). The lowest BCUT2D eigenvalue weighted by Gasteiger charge is -2.35. The number of carbonyl (C=O) groups excluding carboxylic acids is 2. The van der Waals surface area contributed by atoms with Gasteiger partial charge in [0.15, 0.2) is 0 Å². The van der Waals surface area contributed by atoms with E-state index in [2.05, 4.69) is 29.0 Å². The van der Waals surface area contributed by atoms with E-state index in [0.717, 1.165) is 26.1 Å². The number of morpholine rings is 1. The molecule has 1 aliphatic rings. The van der Waals surface area contributed by atoms with Gasteiger partial charge in [0.1, 0.15) is 5.69 Å². The van der Waals surface area contributed by atoms with Crippen LogP contribution in [0.25, 0.3) is 0 Å². The molecule has 0 bridgehead atoms. The van der Waals surface area contributed by atoms with Crippen LogP contribution in [0.5, 0.6) is 0 Å². The molecule has 7 heteroatoms. The zero-order chi connectivity index (χ0) is 18.6. The number of rotatable bonds is 6. The van der Waals surface area contributed by atoms with Gasteiger partial charge in [0.25, 0.3) is 5.91 Å². The highest BCUT2D eigenvalue weighted by atomic mass is 16.5. The van der Waals surface area contributed by atoms with E-state index >= 15 is 0 Å². The van der Waals surface area contributed by atoms with Crippen molar-refractivity contribution in [2.24, 2.45) is 0 Å². The van der Waals surface area contributed by atoms with Gasteiger partial charge in [-0.25, -0.2) is 4.79 Å².